The average Bonchev–Trinajstić information content (AvgIpc) is 2.43. The highest BCUT2D eigenvalue weighted by molar-refractivity contribution is 7.92. The predicted octanol–water partition coefficient (Wildman–Crippen LogP) is 1.14. The van der Waals surface area contributed by atoms with Gasteiger partial charge in [0.2, 0.25) is 0 Å². The van der Waals surface area contributed by atoms with Crippen LogP contribution in [0.2, 0.25) is 0 Å². The molecule has 0 heterocycles. The third kappa shape index (κ3) is 5.11. The smallest absolute Gasteiger partial charge is 0.180 e. The van der Waals surface area contributed by atoms with Crippen molar-refractivity contribution in [3.05, 3.63) is 17.7 Å². The standard InChI is InChI=1S/C14H20N2O5S2/c1-10(2)23(19,20)12-7-11(9-15)14(16)13(8-12)21-5-4-6-22(3,17)18/h7-8,10H,4-6,16H2,1-3H3. The van der Waals surface area contributed by atoms with Crippen LogP contribution in [0.15, 0.2) is 17.0 Å². The number of nitrogens with zero attached hydrogens (tertiary/aromatic N) is 1. The quantitative estimate of drug-likeness (QED) is 0.570. The van der Waals surface area contributed by atoms with E-state index in [4.69, 9.17) is 15.7 Å². The number of nitrogens with two attached hydrogens (primary N) is 1. The van der Waals surface area contributed by atoms with Crippen molar-refractivity contribution >= 4 is 25.4 Å². The Labute approximate surface area is 136 Å². The minimum absolute atomic E-state index is 0.00448. The SMILES string of the molecule is CC(C)S(=O)(=O)c1cc(C#N)c(N)c(OCCCS(C)(=O)=O)c1. The van der Waals surface area contributed by atoms with Gasteiger partial charge in [-0.2, -0.15) is 5.26 Å². The average molecular weight is 360 g/mol. The molecule has 9 heteroatoms. The van der Waals surface area contributed by atoms with Crippen LogP contribution in [0.25, 0.3) is 0 Å². The van der Waals surface area contributed by atoms with Gasteiger partial charge in [-0.3, -0.25) is 0 Å². The molecule has 0 aliphatic carbocycles. The number of sulfone groups is 2. The molecule has 0 radical (unpaired) electrons. The molecular formula is C14H20N2O5S2. The number of rotatable bonds is 7. The second kappa shape index (κ2) is 7.19. The van der Waals surface area contributed by atoms with Crippen LogP contribution in [-0.4, -0.2) is 40.7 Å². The molecule has 0 unspecified atom stereocenters. The van der Waals surface area contributed by atoms with Gasteiger partial charge in [0.05, 0.1) is 33.8 Å². The summed E-state index contributed by atoms with van der Waals surface area (Å²) >= 11 is 0. The third-order valence-corrected chi connectivity index (χ3v) is 6.27. The first kappa shape index (κ1) is 19.3. The van der Waals surface area contributed by atoms with E-state index in [-0.39, 0.29) is 40.7 Å². The lowest BCUT2D eigenvalue weighted by Crippen LogP contribution is -2.15. The number of nitrogen functional groups attached to an aromatic ring is 1. The van der Waals surface area contributed by atoms with Gasteiger partial charge in [-0.05, 0) is 26.3 Å². The van der Waals surface area contributed by atoms with E-state index in [1.165, 1.54) is 26.0 Å². The lowest BCUT2D eigenvalue weighted by molar-refractivity contribution is 0.318. The monoisotopic (exact) mass is 360 g/mol. The normalized spacial score (nSPS) is 12.1. The summed E-state index contributed by atoms with van der Waals surface area (Å²) in [5.74, 6) is 0.0129. The van der Waals surface area contributed by atoms with Gasteiger partial charge in [0, 0.05) is 12.3 Å². The zero-order valence-electron chi connectivity index (χ0n) is 13.2. The fraction of sp³-hybridized carbons (Fsp3) is 0.500. The second-order valence-electron chi connectivity index (χ2n) is 5.42. The van der Waals surface area contributed by atoms with Crippen molar-refractivity contribution in [1.29, 1.82) is 5.26 Å². The predicted molar refractivity (Wildman–Crippen MR) is 87.7 cm³/mol. The Morgan fingerprint density at radius 2 is 1.87 bits per heavy atom. The largest absolute Gasteiger partial charge is 0.491 e. The number of anilines is 1. The molecular weight excluding hydrogens is 340 g/mol. The van der Waals surface area contributed by atoms with Gasteiger partial charge < -0.3 is 10.5 Å². The zero-order chi connectivity index (χ0) is 17.8. The number of hydrogen-bond donors (Lipinski definition) is 1. The van der Waals surface area contributed by atoms with Crippen molar-refractivity contribution in [2.45, 2.75) is 30.4 Å². The van der Waals surface area contributed by atoms with E-state index in [1.807, 2.05) is 6.07 Å². The van der Waals surface area contributed by atoms with E-state index < -0.39 is 24.9 Å². The van der Waals surface area contributed by atoms with E-state index in [0.29, 0.717) is 0 Å². The molecule has 0 aromatic heterocycles. The lowest BCUT2D eigenvalue weighted by Gasteiger charge is -2.14. The molecule has 0 aliphatic rings. The van der Waals surface area contributed by atoms with Gasteiger partial charge in [-0.25, -0.2) is 16.8 Å². The summed E-state index contributed by atoms with van der Waals surface area (Å²) in [7, 11) is -6.69. The molecule has 0 atom stereocenters. The highest BCUT2D eigenvalue weighted by Gasteiger charge is 2.22. The van der Waals surface area contributed by atoms with E-state index in [2.05, 4.69) is 0 Å². The number of hydrogen-bond acceptors (Lipinski definition) is 7. The molecule has 0 amide bonds. The summed E-state index contributed by atoms with van der Waals surface area (Å²) in [5.41, 5.74) is 5.83. The van der Waals surface area contributed by atoms with Crippen LogP contribution in [-0.2, 0) is 19.7 Å². The Kier molecular flexibility index (Phi) is 6.02. The second-order valence-corrected chi connectivity index (χ2v) is 10.2. The van der Waals surface area contributed by atoms with Crippen molar-refractivity contribution < 1.29 is 21.6 Å². The van der Waals surface area contributed by atoms with Gasteiger partial charge in [0.1, 0.15) is 21.7 Å². The summed E-state index contributed by atoms with van der Waals surface area (Å²) in [6.45, 7) is 3.11. The van der Waals surface area contributed by atoms with Crippen molar-refractivity contribution in [2.75, 3.05) is 24.3 Å². The van der Waals surface area contributed by atoms with Gasteiger partial charge in [-0.15, -0.1) is 0 Å². The lowest BCUT2D eigenvalue weighted by atomic mass is 10.2. The Balaban J connectivity index is 3.11. The molecule has 0 bridgehead atoms. The maximum atomic E-state index is 12.2. The van der Waals surface area contributed by atoms with Crippen LogP contribution < -0.4 is 10.5 Å². The summed E-state index contributed by atoms with van der Waals surface area (Å²) in [6, 6.07) is 4.32. The molecule has 0 aliphatic heterocycles. The number of ether oxygens (including phenoxy) is 1. The molecule has 128 valence electrons. The first-order valence-electron chi connectivity index (χ1n) is 6.87. The highest BCUT2D eigenvalue weighted by Crippen LogP contribution is 2.31. The minimum atomic E-state index is -3.59. The molecule has 2 N–H and O–H groups in total. The molecule has 0 saturated heterocycles. The Bertz CT molecular complexity index is 821. The Hall–Kier alpha value is -1.79. The van der Waals surface area contributed by atoms with Gasteiger partial charge >= 0.3 is 0 Å². The van der Waals surface area contributed by atoms with Crippen molar-refractivity contribution in [3.63, 3.8) is 0 Å². The molecule has 1 aromatic rings. The van der Waals surface area contributed by atoms with Crippen LogP contribution in [0.4, 0.5) is 5.69 Å². The number of benzene rings is 1. The summed E-state index contributed by atoms with van der Waals surface area (Å²) in [5, 5.41) is 8.43. The molecule has 1 rings (SSSR count). The molecule has 0 spiro atoms. The topological polar surface area (TPSA) is 127 Å². The first-order valence-corrected chi connectivity index (χ1v) is 10.5. The first-order chi connectivity index (χ1) is 10.5. The molecule has 1 aromatic carbocycles. The van der Waals surface area contributed by atoms with Crippen molar-refractivity contribution in [1.82, 2.24) is 0 Å². The molecule has 0 saturated carbocycles. The Morgan fingerprint density at radius 3 is 2.35 bits per heavy atom. The highest BCUT2D eigenvalue weighted by atomic mass is 32.2. The van der Waals surface area contributed by atoms with Crippen LogP contribution in [0.3, 0.4) is 0 Å². The van der Waals surface area contributed by atoms with Gasteiger partial charge in [-0.1, -0.05) is 0 Å². The minimum Gasteiger partial charge on any atom is -0.491 e. The van der Waals surface area contributed by atoms with E-state index in [0.717, 1.165) is 6.26 Å². The maximum Gasteiger partial charge on any atom is 0.180 e. The van der Waals surface area contributed by atoms with Gasteiger partial charge in [0.25, 0.3) is 0 Å². The van der Waals surface area contributed by atoms with Crippen LogP contribution in [0.5, 0.6) is 5.75 Å². The third-order valence-electron chi connectivity index (χ3n) is 3.10. The zero-order valence-corrected chi connectivity index (χ0v) is 14.9. The van der Waals surface area contributed by atoms with E-state index in [9.17, 15) is 16.8 Å². The van der Waals surface area contributed by atoms with Crippen molar-refractivity contribution in [2.24, 2.45) is 0 Å². The van der Waals surface area contributed by atoms with Gasteiger partial charge in [0.15, 0.2) is 9.84 Å². The summed E-state index contributed by atoms with van der Waals surface area (Å²) < 4.78 is 52.0. The maximum absolute atomic E-state index is 12.2. The molecule has 7 nitrogen and oxygen atoms in total. The number of nitriles is 1. The van der Waals surface area contributed by atoms with Crippen molar-refractivity contribution in [3.8, 4) is 11.8 Å². The fourth-order valence-electron chi connectivity index (χ4n) is 1.75. The summed E-state index contributed by atoms with van der Waals surface area (Å²) in [6.07, 6.45) is 1.35. The van der Waals surface area contributed by atoms with E-state index in [1.54, 1.807) is 0 Å². The van der Waals surface area contributed by atoms with Crippen LogP contribution in [0.1, 0.15) is 25.8 Å². The van der Waals surface area contributed by atoms with E-state index >= 15 is 0 Å². The Morgan fingerprint density at radius 1 is 1.26 bits per heavy atom. The van der Waals surface area contributed by atoms with Crippen LogP contribution in [0, 0.1) is 11.3 Å². The van der Waals surface area contributed by atoms with Crippen LogP contribution >= 0.6 is 0 Å². The molecule has 23 heavy (non-hydrogen) atoms. The summed E-state index contributed by atoms with van der Waals surface area (Å²) in [4.78, 5) is -0.0450. The fourth-order valence-corrected chi connectivity index (χ4v) is 3.49. The molecule has 0 fully saturated rings.